The smallest absolute Gasteiger partial charge is 0.243 e. The molecule has 1 aliphatic carbocycles. The van der Waals surface area contributed by atoms with Crippen LogP contribution in [-0.2, 0) is 27.7 Å². The quantitative estimate of drug-likeness (QED) is 0.709. The zero-order valence-electron chi connectivity index (χ0n) is 17.9. The number of hydrogen-bond acceptors (Lipinski definition) is 3. The van der Waals surface area contributed by atoms with Crippen molar-refractivity contribution in [2.45, 2.75) is 49.8 Å². The predicted octanol–water partition coefficient (Wildman–Crippen LogP) is 4.02. The molecule has 2 fully saturated rings. The number of benzene rings is 2. The van der Waals surface area contributed by atoms with Crippen LogP contribution >= 0.6 is 0 Å². The third-order valence-corrected chi connectivity index (χ3v) is 9.14. The highest BCUT2D eigenvalue weighted by molar-refractivity contribution is 7.89. The summed E-state index contributed by atoms with van der Waals surface area (Å²) in [6.45, 7) is 1.81. The third kappa shape index (κ3) is 4.03. The van der Waals surface area contributed by atoms with E-state index in [1.807, 2.05) is 17.0 Å². The lowest BCUT2D eigenvalue weighted by molar-refractivity contribution is -0.124. The molecule has 2 aromatic carbocycles. The van der Waals surface area contributed by atoms with Crippen LogP contribution in [0.5, 0.6) is 0 Å². The molecule has 1 amide bonds. The summed E-state index contributed by atoms with van der Waals surface area (Å²) < 4.78 is 28.2. The highest BCUT2D eigenvalue weighted by Gasteiger charge is 2.35. The first kappa shape index (κ1) is 20.7. The molecule has 6 heteroatoms. The second-order valence-electron chi connectivity index (χ2n) is 9.20. The largest absolute Gasteiger partial charge is 0.312 e. The maximum absolute atomic E-state index is 13.3. The van der Waals surface area contributed by atoms with Gasteiger partial charge in [-0.1, -0.05) is 36.8 Å². The fourth-order valence-electron chi connectivity index (χ4n) is 5.09. The molecule has 2 heterocycles. The number of hydrogen-bond donors (Lipinski definition) is 0. The van der Waals surface area contributed by atoms with Crippen LogP contribution in [0.1, 0.15) is 43.2 Å². The van der Waals surface area contributed by atoms with Crippen molar-refractivity contribution in [3.8, 4) is 0 Å². The molecular formula is C25H30N2O3S. The van der Waals surface area contributed by atoms with Crippen LogP contribution < -0.4 is 4.90 Å². The van der Waals surface area contributed by atoms with Gasteiger partial charge in [0.15, 0.2) is 0 Å². The van der Waals surface area contributed by atoms with Crippen LogP contribution in [0.3, 0.4) is 0 Å². The highest BCUT2D eigenvalue weighted by atomic mass is 32.2. The monoisotopic (exact) mass is 438 g/mol. The Bertz CT molecular complexity index is 1060. The molecule has 0 aromatic heterocycles. The first-order valence-electron chi connectivity index (χ1n) is 11.5. The molecule has 2 aliphatic heterocycles. The molecular weight excluding hydrogens is 408 g/mol. The van der Waals surface area contributed by atoms with E-state index in [1.54, 1.807) is 16.4 Å². The van der Waals surface area contributed by atoms with Gasteiger partial charge in [0.25, 0.3) is 0 Å². The maximum Gasteiger partial charge on any atom is 0.243 e. The molecule has 0 unspecified atom stereocenters. The van der Waals surface area contributed by atoms with E-state index in [-0.39, 0.29) is 11.8 Å². The van der Waals surface area contributed by atoms with Gasteiger partial charge in [-0.05, 0) is 73.8 Å². The molecule has 1 saturated carbocycles. The van der Waals surface area contributed by atoms with Crippen LogP contribution in [0.25, 0.3) is 0 Å². The number of carbonyl (C=O) groups is 1. The number of nitrogens with zero attached hydrogens (tertiary/aromatic N) is 2. The van der Waals surface area contributed by atoms with Gasteiger partial charge in [0.1, 0.15) is 0 Å². The number of piperidine rings is 1. The summed E-state index contributed by atoms with van der Waals surface area (Å²) in [5.41, 5.74) is 3.20. The molecule has 1 saturated heterocycles. The minimum atomic E-state index is -3.50. The Morgan fingerprint density at radius 2 is 1.68 bits per heavy atom. The maximum atomic E-state index is 13.3. The van der Waals surface area contributed by atoms with E-state index in [4.69, 9.17) is 0 Å². The minimum absolute atomic E-state index is 0.159. The summed E-state index contributed by atoms with van der Waals surface area (Å²) in [6, 6.07) is 15.8. The van der Waals surface area contributed by atoms with E-state index in [9.17, 15) is 13.2 Å². The lowest BCUT2D eigenvalue weighted by Gasteiger charge is -2.31. The van der Waals surface area contributed by atoms with Gasteiger partial charge >= 0.3 is 0 Å². The third-order valence-electron chi connectivity index (χ3n) is 7.25. The van der Waals surface area contributed by atoms with Gasteiger partial charge in [-0.2, -0.15) is 4.31 Å². The van der Waals surface area contributed by atoms with Gasteiger partial charge < -0.3 is 4.90 Å². The second kappa shape index (κ2) is 8.40. The van der Waals surface area contributed by atoms with Crippen LogP contribution in [0.2, 0.25) is 0 Å². The van der Waals surface area contributed by atoms with Gasteiger partial charge in [0.2, 0.25) is 15.9 Å². The normalized spacial score (nSPS) is 20.5. The zero-order valence-corrected chi connectivity index (χ0v) is 18.7. The molecule has 31 heavy (non-hydrogen) atoms. The van der Waals surface area contributed by atoms with Crippen molar-refractivity contribution >= 4 is 21.6 Å². The molecule has 0 bridgehead atoms. The Balaban J connectivity index is 1.26. The van der Waals surface area contributed by atoms with Gasteiger partial charge in [-0.25, -0.2) is 8.42 Å². The summed E-state index contributed by atoms with van der Waals surface area (Å²) in [5, 5.41) is 0. The Morgan fingerprint density at radius 1 is 0.935 bits per heavy atom. The van der Waals surface area contributed by atoms with Crippen molar-refractivity contribution in [3.63, 3.8) is 0 Å². The average molecular weight is 439 g/mol. The number of carbonyl (C=O) groups excluding carboxylic acids is 1. The van der Waals surface area contributed by atoms with Crippen molar-refractivity contribution in [3.05, 3.63) is 59.7 Å². The van der Waals surface area contributed by atoms with Crippen LogP contribution in [-0.4, -0.2) is 38.3 Å². The SMILES string of the molecule is O=C(C1CCC1)N1CCc2cc(S(=O)(=O)N3CCC(Cc4ccccc4)CC3)ccc21. The van der Waals surface area contributed by atoms with Gasteiger partial charge in [0, 0.05) is 31.2 Å². The zero-order chi connectivity index (χ0) is 21.4. The predicted molar refractivity (Wildman–Crippen MR) is 121 cm³/mol. The number of fused-ring (bicyclic) bond motifs is 1. The molecule has 5 nitrogen and oxygen atoms in total. The molecule has 0 atom stereocenters. The van der Waals surface area contributed by atoms with E-state index in [1.165, 1.54) is 5.56 Å². The van der Waals surface area contributed by atoms with Crippen molar-refractivity contribution in [2.24, 2.45) is 11.8 Å². The number of rotatable bonds is 5. The van der Waals surface area contributed by atoms with E-state index < -0.39 is 10.0 Å². The molecule has 0 N–H and O–H groups in total. The lowest BCUT2D eigenvalue weighted by atomic mass is 9.84. The lowest BCUT2D eigenvalue weighted by Crippen LogP contribution is -2.39. The van der Waals surface area contributed by atoms with Crippen LogP contribution in [0.4, 0.5) is 5.69 Å². The summed E-state index contributed by atoms with van der Waals surface area (Å²) in [6.07, 6.45) is 6.63. The second-order valence-corrected chi connectivity index (χ2v) is 11.1. The molecule has 2 aromatic rings. The molecule has 0 spiro atoms. The fourth-order valence-corrected chi connectivity index (χ4v) is 6.61. The Hall–Kier alpha value is -2.18. The number of amides is 1. The molecule has 0 radical (unpaired) electrons. The number of anilines is 1. The molecule has 3 aliphatic rings. The van der Waals surface area contributed by atoms with E-state index in [0.29, 0.717) is 30.4 Å². The summed E-state index contributed by atoms with van der Waals surface area (Å²) in [7, 11) is -3.50. The summed E-state index contributed by atoms with van der Waals surface area (Å²) >= 11 is 0. The Morgan fingerprint density at radius 3 is 2.35 bits per heavy atom. The minimum Gasteiger partial charge on any atom is -0.312 e. The van der Waals surface area contributed by atoms with Crippen LogP contribution in [0.15, 0.2) is 53.4 Å². The van der Waals surface area contributed by atoms with Crippen molar-refractivity contribution in [1.29, 1.82) is 0 Å². The van der Waals surface area contributed by atoms with Crippen molar-refractivity contribution in [2.75, 3.05) is 24.5 Å². The molecule has 5 rings (SSSR count). The molecule has 164 valence electrons. The Kier molecular flexibility index (Phi) is 5.61. The van der Waals surface area contributed by atoms with Crippen molar-refractivity contribution in [1.82, 2.24) is 4.31 Å². The first-order valence-corrected chi connectivity index (χ1v) is 12.9. The van der Waals surface area contributed by atoms with Gasteiger partial charge in [-0.3, -0.25) is 4.79 Å². The van der Waals surface area contributed by atoms with E-state index >= 15 is 0 Å². The summed E-state index contributed by atoms with van der Waals surface area (Å²) in [4.78, 5) is 14.9. The topological polar surface area (TPSA) is 57.7 Å². The fraction of sp³-hybridized carbons (Fsp3) is 0.480. The van der Waals surface area contributed by atoms with Gasteiger partial charge in [-0.15, -0.1) is 0 Å². The number of sulfonamides is 1. The van der Waals surface area contributed by atoms with E-state index in [2.05, 4.69) is 24.3 Å². The Labute approximate surface area is 185 Å². The first-order chi connectivity index (χ1) is 15.0. The highest BCUT2D eigenvalue weighted by Crippen LogP contribution is 2.36. The van der Waals surface area contributed by atoms with Crippen LogP contribution in [0, 0.1) is 11.8 Å². The van der Waals surface area contributed by atoms with Gasteiger partial charge in [0.05, 0.1) is 4.90 Å². The summed E-state index contributed by atoms with van der Waals surface area (Å²) in [5.74, 6) is 0.896. The van der Waals surface area contributed by atoms with E-state index in [0.717, 1.165) is 56.2 Å². The average Bonchev–Trinajstić information content (AvgIpc) is 3.17. The standard InChI is InChI=1S/C25H30N2O3S/c28-25(21-7-4-8-21)27-16-13-22-18-23(9-10-24(22)27)31(29,30)26-14-11-20(12-15-26)17-19-5-2-1-3-6-19/h1-3,5-6,9-10,18,20-21H,4,7-8,11-17H2. The van der Waals surface area contributed by atoms with Crippen molar-refractivity contribution < 1.29 is 13.2 Å².